The number of phenols is 1. The number of nitrogens with zero attached hydrogens (tertiary/aromatic N) is 2. The molecule has 14 nitrogen and oxygen atoms in total. The van der Waals surface area contributed by atoms with Crippen molar-refractivity contribution in [2.75, 3.05) is 39.3 Å². The minimum Gasteiger partial charge on any atom is -0.506 e. The Hall–Kier alpha value is -7.33. The van der Waals surface area contributed by atoms with E-state index in [1.165, 1.54) is 12.1 Å². The molecular weight excluding hydrogens is 899 g/mol. The highest BCUT2D eigenvalue weighted by atomic mass is 16.6. The Labute approximate surface area is 412 Å². The molecule has 0 spiro atoms. The number of alkyl carbamates (subject to hydrolysis) is 1. The van der Waals surface area contributed by atoms with Gasteiger partial charge in [0.1, 0.15) is 24.2 Å². The van der Waals surface area contributed by atoms with Gasteiger partial charge in [0.05, 0.1) is 24.3 Å². The molecule has 0 aliphatic carbocycles. The van der Waals surface area contributed by atoms with Gasteiger partial charge in [-0.05, 0) is 102 Å². The van der Waals surface area contributed by atoms with Crippen molar-refractivity contribution < 1.29 is 39.1 Å². The van der Waals surface area contributed by atoms with Crippen LogP contribution >= 0.6 is 0 Å². The Morgan fingerprint density at radius 1 is 0.761 bits per heavy atom. The van der Waals surface area contributed by atoms with E-state index < -0.39 is 24.5 Å². The monoisotopic (exact) mass is 957 g/mol. The molecular formula is C57H59N5O9. The van der Waals surface area contributed by atoms with Gasteiger partial charge in [-0.25, -0.2) is 4.79 Å². The lowest BCUT2D eigenvalue weighted by atomic mass is 9.86. The first-order valence-electron chi connectivity index (χ1n) is 24.1. The van der Waals surface area contributed by atoms with Crippen molar-refractivity contribution in [2.24, 2.45) is 5.92 Å². The van der Waals surface area contributed by atoms with Gasteiger partial charge in [-0.2, -0.15) is 0 Å². The summed E-state index contributed by atoms with van der Waals surface area (Å²) in [5.74, 6) is 0.782. The number of rotatable bonds is 20. The van der Waals surface area contributed by atoms with Gasteiger partial charge in [0.2, 0.25) is 5.56 Å². The molecule has 0 radical (unpaired) electrons. The Morgan fingerprint density at radius 2 is 1.48 bits per heavy atom. The summed E-state index contributed by atoms with van der Waals surface area (Å²) >= 11 is 0. The quantitative estimate of drug-likeness (QED) is 0.0408. The average molecular weight is 958 g/mol. The molecule has 4 atom stereocenters. The van der Waals surface area contributed by atoms with Gasteiger partial charge >= 0.3 is 6.09 Å². The third kappa shape index (κ3) is 12.5. The second kappa shape index (κ2) is 23.1. The zero-order valence-corrected chi connectivity index (χ0v) is 39.4. The zero-order valence-electron chi connectivity index (χ0n) is 39.4. The molecule has 7 aromatic rings. The SMILES string of the molecule is O=C(N[C@@H](c1ccccc1)c1cccc(OCc2ccc(C(O)OCCN(Cc3ccccc3)C(=O)c3ccc(CNC[C@H](O)c4ccc(O)c5[nH]c(=O)ccc45)cc3)cc2)c1)O[C@H]1CN2CCC1CC2. The molecule has 0 saturated carbocycles. The number of hydrogen-bond acceptors (Lipinski definition) is 11. The fourth-order valence-corrected chi connectivity index (χ4v) is 9.45. The summed E-state index contributed by atoms with van der Waals surface area (Å²) < 4.78 is 18.1. The summed E-state index contributed by atoms with van der Waals surface area (Å²) in [5.41, 5.74) is 6.07. The minimum absolute atomic E-state index is 0.0721. The number of hydrogen-bond donors (Lipinski definition) is 6. The fourth-order valence-electron chi connectivity index (χ4n) is 9.45. The Morgan fingerprint density at radius 3 is 2.21 bits per heavy atom. The number of carbonyl (C=O) groups excluding carboxylic acids is 2. The molecule has 2 amide bonds. The zero-order chi connectivity index (χ0) is 49.1. The third-order valence-electron chi connectivity index (χ3n) is 13.4. The van der Waals surface area contributed by atoms with Gasteiger partial charge in [-0.1, -0.05) is 115 Å². The number of amides is 2. The number of aromatic amines is 1. The van der Waals surface area contributed by atoms with Crippen LogP contribution in [0.2, 0.25) is 0 Å². The van der Waals surface area contributed by atoms with Crippen LogP contribution in [0.25, 0.3) is 10.9 Å². The van der Waals surface area contributed by atoms with Crippen LogP contribution in [0.15, 0.2) is 163 Å². The molecule has 3 saturated heterocycles. The van der Waals surface area contributed by atoms with E-state index in [1.807, 2.05) is 109 Å². The number of H-pyrrole nitrogens is 1. The molecule has 2 bridgehead atoms. The van der Waals surface area contributed by atoms with Crippen LogP contribution in [0.1, 0.15) is 80.6 Å². The van der Waals surface area contributed by atoms with Crippen molar-refractivity contribution in [2.45, 2.75) is 57.1 Å². The van der Waals surface area contributed by atoms with Gasteiger partial charge in [0, 0.05) is 55.3 Å². The van der Waals surface area contributed by atoms with Crippen molar-refractivity contribution >= 4 is 22.9 Å². The van der Waals surface area contributed by atoms with Gasteiger partial charge in [0.25, 0.3) is 5.91 Å². The maximum Gasteiger partial charge on any atom is 0.408 e. The summed E-state index contributed by atoms with van der Waals surface area (Å²) in [6, 6.07) is 47.4. The first-order valence-corrected chi connectivity index (χ1v) is 24.1. The number of aromatic hydroxyl groups is 1. The van der Waals surface area contributed by atoms with Crippen molar-refractivity contribution in [1.82, 2.24) is 25.4 Å². The van der Waals surface area contributed by atoms with E-state index in [-0.39, 0.29) is 55.1 Å². The van der Waals surface area contributed by atoms with Crippen LogP contribution in [0.4, 0.5) is 4.79 Å². The van der Waals surface area contributed by atoms with Gasteiger partial charge in [0.15, 0.2) is 6.29 Å². The van der Waals surface area contributed by atoms with E-state index in [2.05, 4.69) is 20.5 Å². The van der Waals surface area contributed by atoms with Crippen molar-refractivity contribution in [3.05, 3.63) is 213 Å². The smallest absolute Gasteiger partial charge is 0.408 e. The number of carbonyl (C=O) groups is 2. The van der Waals surface area contributed by atoms with Crippen molar-refractivity contribution in [3.8, 4) is 11.5 Å². The molecule has 3 fully saturated rings. The maximum atomic E-state index is 14.0. The van der Waals surface area contributed by atoms with E-state index in [1.54, 1.807) is 41.3 Å². The maximum absolute atomic E-state index is 14.0. The van der Waals surface area contributed by atoms with Crippen LogP contribution in [-0.4, -0.2) is 87.5 Å². The number of piperidine rings is 3. The number of nitrogens with one attached hydrogen (secondary N) is 3. The molecule has 6 aromatic carbocycles. The molecule has 1 aromatic heterocycles. The Balaban J connectivity index is 0.765. The highest BCUT2D eigenvalue weighted by Gasteiger charge is 2.37. The lowest BCUT2D eigenvalue weighted by Crippen LogP contribution is -2.52. The second-order valence-electron chi connectivity index (χ2n) is 18.2. The minimum atomic E-state index is -1.22. The lowest BCUT2D eigenvalue weighted by Gasteiger charge is -2.43. The molecule has 4 heterocycles. The highest BCUT2D eigenvalue weighted by molar-refractivity contribution is 5.94. The van der Waals surface area contributed by atoms with Gasteiger partial charge in [-0.15, -0.1) is 0 Å². The van der Waals surface area contributed by atoms with Crippen LogP contribution in [0.5, 0.6) is 11.5 Å². The number of fused-ring (bicyclic) bond motifs is 4. The first-order chi connectivity index (χ1) is 34.6. The van der Waals surface area contributed by atoms with Crippen molar-refractivity contribution in [1.29, 1.82) is 0 Å². The van der Waals surface area contributed by atoms with Crippen LogP contribution < -0.4 is 20.9 Å². The molecule has 3 aliphatic heterocycles. The standard InChI is InChI=1S/C57H59N5O9/c63-49-24-22-47(48-23-25-52(65)59-54(48)49)50(64)34-58-33-38-14-18-43(19-15-38)55(66)62(35-39-8-3-1-4-9-39)30-31-69-56(67)44-20-16-40(17-21-44)37-70-46-13-7-12-45(32-46)53(42-10-5-2-6-11-42)60-57(68)71-51-36-61-28-26-41(51)27-29-61/h1-25,32,41,50-51,53,56,58,63-64,67H,26-31,33-37H2,(H,59,65)(H,60,68)/t50-,51-,53-,56?/m0/s1. The summed E-state index contributed by atoms with van der Waals surface area (Å²) in [5, 5.41) is 39.2. The number of aliphatic hydroxyl groups is 2. The largest absolute Gasteiger partial charge is 0.506 e. The summed E-state index contributed by atoms with van der Waals surface area (Å²) in [7, 11) is 0. The molecule has 6 N–H and O–H groups in total. The summed E-state index contributed by atoms with van der Waals surface area (Å²) in [6.07, 6.45) is -0.551. The second-order valence-corrected chi connectivity index (χ2v) is 18.2. The number of pyridine rings is 1. The van der Waals surface area contributed by atoms with Crippen LogP contribution in [-0.2, 0) is 29.2 Å². The molecule has 1 unspecified atom stereocenters. The first kappa shape index (κ1) is 48.7. The molecule has 14 heteroatoms. The number of aromatic nitrogens is 1. The average Bonchev–Trinajstić information content (AvgIpc) is 3.40. The number of ether oxygens (including phenoxy) is 3. The normalized spacial score (nSPS) is 17.5. The number of benzene rings is 6. The van der Waals surface area contributed by atoms with Gasteiger partial charge in [-0.3, -0.25) is 14.5 Å². The van der Waals surface area contributed by atoms with E-state index in [9.17, 15) is 29.7 Å². The summed E-state index contributed by atoms with van der Waals surface area (Å²) in [6.45, 7) is 4.46. The van der Waals surface area contributed by atoms with Crippen molar-refractivity contribution in [3.63, 3.8) is 0 Å². The lowest BCUT2D eigenvalue weighted by molar-refractivity contribution is -0.105. The number of aliphatic hydroxyl groups excluding tert-OH is 2. The number of phenolic OH excluding ortho intramolecular Hbond substituents is 1. The Bertz CT molecular complexity index is 2930. The van der Waals surface area contributed by atoms with Crippen LogP contribution in [0.3, 0.4) is 0 Å². The third-order valence-corrected chi connectivity index (χ3v) is 13.4. The predicted molar refractivity (Wildman–Crippen MR) is 270 cm³/mol. The topological polar surface area (TPSA) is 186 Å². The molecule has 366 valence electrons. The van der Waals surface area contributed by atoms with Gasteiger partial charge < -0.3 is 50.0 Å². The predicted octanol–water partition coefficient (Wildman–Crippen LogP) is 7.90. The molecule has 10 rings (SSSR count). The molecule has 71 heavy (non-hydrogen) atoms. The van der Waals surface area contributed by atoms with E-state index >= 15 is 0 Å². The Kier molecular flexibility index (Phi) is 15.8. The van der Waals surface area contributed by atoms with E-state index in [0.717, 1.165) is 60.3 Å². The molecule has 3 aliphatic rings. The highest BCUT2D eigenvalue weighted by Crippen LogP contribution is 2.32. The summed E-state index contributed by atoms with van der Waals surface area (Å²) in [4.78, 5) is 45.8. The fraction of sp³-hybridized carbons (Fsp3) is 0.281. The van der Waals surface area contributed by atoms with E-state index in [4.69, 9.17) is 14.2 Å². The van der Waals surface area contributed by atoms with E-state index in [0.29, 0.717) is 46.8 Å². The van der Waals surface area contributed by atoms with Crippen LogP contribution in [0, 0.1) is 5.92 Å².